The lowest BCUT2D eigenvalue weighted by atomic mass is 10.5. The maximum absolute atomic E-state index is 5.27. The summed E-state index contributed by atoms with van der Waals surface area (Å²) in [6, 6.07) is 3.61. The number of nitrogens with zero attached hydrogens (tertiary/aromatic N) is 2. The van der Waals surface area contributed by atoms with E-state index in [1.165, 1.54) is 0 Å². The second-order valence-corrected chi connectivity index (χ2v) is 2.80. The van der Waals surface area contributed by atoms with Crippen molar-refractivity contribution >= 4 is 17.4 Å². The molecule has 0 bridgehead atoms. The third-order valence-electron chi connectivity index (χ3n) is 1.20. The first-order valence-corrected chi connectivity index (χ1v) is 3.90. The molecule has 0 aliphatic rings. The topological polar surface area (TPSA) is 25.4 Å². The lowest BCUT2D eigenvalue weighted by molar-refractivity contribution is 0.448. The van der Waals surface area contributed by atoms with Crippen LogP contribution in [0.1, 0.15) is 0 Å². The molecule has 3 nitrogen and oxygen atoms in total. The van der Waals surface area contributed by atoms with E-state index < -0.39 is 0 Å². The lowest BCUT2D eigenvalue weighted by Crippen LogP contribution is -2.24. The van der Waals surface area contributed by atoms with Gasteiger partial charge in [0, 0.05) is 20.3 Å². The molecule has 1 aromatic rings. The van der Waals surface area contributed by atoms with Crippen molar-refractivity contribution in [2.75, 3.05) is 14.1 Å². The van der Waals surface area contributed by atoms with Crippen molar-refractivity contribution in [3.8, 4) is 5.75 Å². The SMILES string of the molecule is CN(C)C(=S)Oc1cccnc1. The van der Waals surface area contributed by atoms with Gasteiger partial charge < -0.3 is 9.64 Å². The first-order valence-electron chi connectivity index (χ1n) is 3.49. The van der Waals surface area contributed by atoms with Gasteiger partial charge in [0.2, 0.25) is 0 Å². The monoisotopic (exact) mass is 182 g/mol. The van der Waals surface area contributed by atoms with E-state index in [0.717, 1.165) is 0 Å². The molecule has 0 aromatic carbocycles. The molecule has 0 saturated heterocycles. The highest BCUT2D eigenvalue weighted by Gasteiger charge is 2.00. The fraction of sp³-hybridized carbons (Fsp3) is 0.250. The van der Waals surface area contributed by atoms with Crippen molar-refractivity contribution in [1.29, 1.82) is 0 Å². The van der Waals surface area contributed by atoms with Crippen LogP contribution >= 0.6 is 12.2 Å². The van der Waals surface area contributed by atoms with Crippen LogP contribution in [0.15, 0.2) is 24.5 Å². The van der Waals surface area contributed by atoms with Gasteiger partial charge in [-0.2, -0.15) is 0 Å². The van der Waals surface area contributed by atoms with E-state index in [-0.39, 0.29) is 0 Å². The summed E-state index contributed by atoms with van der Waals surface area (Å²) in [5.74, 6) is 0.663. The Morgan fingerprint density at radius 3 is 2.83 bits per heavy atom. The standard InChI is InChI=1S/C8H10N2OS/c1-10(2)8(12)11-7-4-3-5-9-6-7/h3-6H,1-2H3. The second kappa shape index (κ2) is 4.01. The summed E-state index contributed by atoms with van der Waals surface area (Å²) < 4.78 is 5.27. The fourth-order valence-corrected chi connectivity index (χ4v) is 0.696. The zero-order valence-corrected chi connectivity index (χ0v) is 7.84. The molecule has 1 heterocycles. The minimum atomic E-state index is 0.433. The highest BCUT2D eigenvalue weighted by atomic mass is 32.1. The van der Waals surface area contributed by atoms with Crippen LogP contribution in [0.25, 0.3) is 0 Å². The molecule has 1 aromatic heterocycles. The van der Waals surface area contributed by atoms with Gasteiger partial charge in [0.15, 0.2) is 0 Å². The molecule has 0 N–H and O–H groups in total. The van der Waals surface area contributed by atoms with Crippen LogP contribution in [0, 0.1) is 0 Å². The van der Waals surface area contributed by atoms with Crippen molar-refractivity contribution in [2.24, 2.45) is 0 Å². The van der Waals surface area contributed by atoms with Crippen LogP contribution in [0.5, 0.6) is 5.75 Å². The Kier molecular flexibility index (Phi) is 2.99. The number of hydrogen-bond acceptors (Lipinski definition) is 3. The van der Waals surface area contributed by atoms with Gasteiger partial charge in [-0.15, -0.1) is 0 Å². The quantitative estimate of drug-likeness (QED) is 0.611. The molecule has 0 spiro atoms. The first kappa shape index (κ1) is 8.93. The Hall–Kier alpha value is -1.16. The van der Waals surface area contributed by atoms with E-state index in [1.807, 2.05) is 20.2 Å². The summed E-state index contributed by atoms with van der Waals surface area (Å²) >= 11 is 4.94. The van der Waals surface area contributed by atoms with E-state index in [1.54, 1.807) is 23.4 Å². The molecule has 0 saturated carbocycles. The van der Waals surface area contributed by atoms with Crippen molar-refractivity contribution in [1.82, 2.24) is 9.88 Å². The fourth-order valence-electron chi connectivity index (χ4n) is 0.600. The number of rotatable bonds is 1. The predicted octanol–water partition coefficient (Wildman–Crippen LogP) is 1.31. The maximum Gasteiger partial charge on any atom is 0.264 e. The molecule has 0 radical (unpaired) electrons. The van der Waals surface area contributed by atoms with Gasteiger partial charge >= 0.3 is 0 Å². The molecule has 0 amide bonds. The normalized spacial score (nSPS) is 9.17. The summed E-state index contributed by atoms with van der Waals surface area (Å²) in [5, 5.41) is 0.433. The molecule has 4 heteroatoms. The molecule has 1 rings (SSSR count). The molecule has 0 atom stereocenters. The van der Waals surface area contributed by atoms with Crippen LogP contribution in [-0.4, -0.2) is 29.2 Å². The summed E-state index contributed by atoms with van der Waals surface area (Å²) in [6.45, 7) is 0. The largest absolute Gasteiger partial charge is 0.430 e. The number of aromatic nitrogens is 1. The van der Waals surface area contributed by atoms with Crippen LogP contribution in [0.3, 0.4) is 0 Å². The molecular weight excluding hydrogens is 172 g/mol. The van der Waals surface area contributed by atoms with Crippen LogP contribution in [0.4, 0.5) is 0 Å². The molecule has 0 aliphatic heterocycles. The Balaban J connectivity index is 2.59. The Labute approximate surface area is 77.0 Å². The van der Waals surface area contributed by atoms with Gasteiger partial charge in [-0.1, -0.05) is 0 Å². The minimum absolute atomic E-state index is 0.433. The van der Waals surface area contributed by atoms with Crippen LogP contribution in [-0.2, 0) is 0 Å². The number of thiocarbonyl (C=S) groups is 1. The van der Waals surface area contributed by atoms with Crippen molar-refractivity contribution in [3.05, 3.63) is 24.5 Å². The van der Waals surface area contributed by atoms with E-state index in [2.05, 4.69) is 4.98 Å². The van der Waals surface area contributed by atoms with Crippen molar-refractivity contribution in [2.45, 2.75) is 0 Å². The molecule has 0 aliphatic carbocycles. The summed E-state index contributed by atoms with van der Waals surface area (Å²) in [5.41, 5.74) is 0. The molecule has 64 valence electrons. The molecular formula is C8H10N2OS. The van der Waals surface area contributed by atoms with E-state index >= 15 is 0 Å². The number of pyridine rings is 1. The highest BCUT2D eigenvalue weighted by Crippen LogP contribution is 2.07. The van der Waals surface area contributed by atoms with Gasteiger partial charge in [0.1, 0.15) is 5.75 Å². The summed E-state index contributed by atoms with van der Waals surface area (Å²) in [4.78, 5) is 5.62. The van der Waals surface area contributed by atoms with Crippen LogP contribution < -0.4 is 4.74 Å². The zero-order valence-electron chi connectivity index (χ0n) is 7.02. The van der Waals surface area contributed by atoms with Gasteiger partial charge in [0.05, 0.1) is 6.20 Å². The minimum Gasteiger partial charge on any atom is -0.430 e. The number of hydrogen-bond donors (Lipinski definition) is 0. The van der Waals surface area contributed by atoms with E-state index in [4.69, 9.17) is 17.0 Å². The molecule has 12 heavy (non-hydrogen) atoms. The van der Waals surface area contributed by atoms with E-state index in [0.29, 0.717) is 10.9 Å². The lowest BCUT2D eigenvalue weighted by Gasteiger charge is -2.13. The smallest absolute Gasteiger partial charge is 0.264 e. The Morgan fingerprint density at radius 1 is 1.58 bits per heavy atom. The average molecular weight is 182 g/mol. The van der Waals surface area contributed by atoms with Crippen molar-refractivity contribution in [3.63, 3.8) is 0 Å². The predicted molar refractivity (Wildman–Crippen MR) is 51.2 cm³/mol. The van der Waals surface area contributed by atoms with Gasteiger partial charge in [0.25, 0.3) is 5.17 Å². The third kappa shape index (κ3) is 2.47. The molecule has 0 unspecified atom stereocenters. The average Bonchev–Trinajstić information content (AvgIpc) is 2.06. The zero-order chi connectivity index (χ0) is 8.97. The van der Waals surface area contributed by atoms with Gasteiger partial charge in [-0.3, -0.25) is 4.98 Å². The number of ether oxygens (including phenoxy) is 1. The van der Waals surface area contributed by atoms with Gasteiger partial charge in [-0.25, -0.2) is 0 Å². The Morgan fingerprint density at radius 2 is 2.33 bits per heavy atom. The Bertz CT molecular complexity index is 261. The molecule has 0 fully saturated rings. The first-order chi connectivity index (χ1) is 5.70. The van der Waals surface area contributed by atoms with E-state index in [9.17, 15) is 0 Å². The second-order valence-electron chi connectivity index (χ2n) is 2.45. The van der Waals surface area contributed by atoms with Crippen LogP contribution in [0.2, 0.25) is 0 Å². The third-order valence-corrected chi connectivity index (χ3v) is 1.65. The van der Waals surface area contributed by atoms with Crippen molar-refractivity contribution < 1.29 is 4.74 Å². The van der Waals surface area contributed by atoms with Gasteiger partial charge in [-0.05, 0) is 24.4 Å². The maximum atomic E-state index is 5.27. The highest BCUT2D eigenvalue weighted by molar-refractivity contribution is 7.80. The summed E-state index contributed by atoms with van der Waals surface area (Å²) in [6.07, 6.45) is 3.31. The summed E-state index contributed by atoms with van der Waals surface area (Å²) in [7, 11) is 3.66.